The molecule has 2 rings (SSSR count). The van der Waals surface area contributed by atoms with Crippen LogP contribution in [0.5, 0.6) is 0 Å². The van der Waals surface area contributed by atoms with E-state index in [-0.39, 0.29) is 5.91 Å². The zero-order chi connectivity index (χ0) is 10.1. The monoisotopic (exact) mass is 191 g/mol. The van der Waals surface area contributed by atoms with Gasteiger partial charge in [0.1, 0.15) is 6.10 Å². The normalized spacial score (nSPS) is 16.6. The van der Waals surface area contributed by atoms with Gasteiger partial charge in [-0.2, -0.15) is 0 Å². The van der Waals surface area contributed by atoms with Gasteiger partial charge in [0.05, 0.1) is 0 Å². The Bertz CT molecular complexity index is 360. The lowest BCUT2D eigenvalue weighted by atomic mass is 10.2. The minimum Gasteiger partial charge on any atom is -0.384 e. The highest BCUT2D eigenvalue weighted by Gasteiger charge is 2.26. The SMILES string of the molecule is CC(O)C(=O)N1CCc2ccccc21. The number of amides is 1. The molecular formula is C11H13NO2. The lowest BCUT2D eigenvalue weighted by molar-refractivity contribution is -0.125. The van der Waals surface area contributed by atoms with Crippen LogP contribution in [0, 0.1) is 0 Å². The second-order valence-corrected chi connectivity index (χ2v) is 3.54. The molecule has 3 nitrogen and oxygen atoms in total. The van der Waals surface area contributed by atoms with Gasteiger partial charge in [-0.05, 0) is 25.0 Å². The van der Waals surface area contributed by atoms with Crippen LogP contribution in [0.15, 0.2) is 24.3 Å². The molecule has 1 aromatic carbocycles. The highest BCUT2D eigenvalue weighted by Crippen LogP contribution is 2.27. The Morgan fingerprint density at radius 1 is 1.50 bits per heavy atom. The molecule has 0 aromatic heterocycles. The van der Waals surface area contributed by atoms with Crippen LogP contribution in [0.3, 0.4) is 0 Å². The van der Waals surface area contributed by atoms with Gasteiger partial charge in [-0.3, -0.25) is 4.79 Å². The zero-order valence-corrected chi connectivity index (χ0v) is 8.10. The van der Waals surface area contributed by atoms with Gasteiger partial charge in [0.25, 0.3) is 5.91 Å². The summed E-state index contributed by atoms with van der Waals surface area (Å²) in [6.45, 7) is 2.19. The molecule has 1 aliphatic rings. The van der Waals surface area contributed by atoms with Crippen molar-refractivity contribution in [3.63, 3.8) is 0 Å². The van der Waals surface area contributed by atoms with Gasteiger partial charge in [-0.15, -0.1) is 0 Å². The molecule has 0 aliphatic carbocycles. The number of para-hydroxylation sites is 1. The molecule has 1 aliphatic heterocycles. The van der Waals surface area contributed by atoms with Gasteiger partial charge in [0, 0.05) is 12.2 Å². The first-order chi connectivity index (χ1) is 6.70. The van der Waals surface area contributed by atoms with E-state index in [1.54, 1.807) is 4.90 Å². The summed E-state index contributed by atoms with van der Waals surface area (Å²) in [5.74, 6) is -0.213. The Hall–Kier alpha value is -1.35. The Labute approximate surface area is 83.0 Å². The average Bonchev–Trinajstić information content (AvgIpc) is 2.60. The van der Waals surface area contributed by atoms with Gasteiger partial charge in [-0.25, -0.2) is 0 Å². The van der Waals surface area contributed by atoms with Crippen molar-refractivity contribution in [3.8, 4) is 0 Å². The van der Waals surface area contributed by atoms with Crippen molar-refractivity contribution in [2.75, 3.05) is 11.4 Å². The number of fused-ring (bicyclic) bond motifs is 1. The van der Waals surface area contributed by atoms with Crippen molar-refractivity contribution in [2.45, 2.75) is 19.4 Å². The topological polar surface area (TPSA) is 40.5 Å². The molecule has 0 radical (unpaired) electrons. The fourth-order valence-corrected chi connectivity index (χ4v) is 1.79. The predicted octanol–water partition coefficient (Wildman–Crippen LogP) is 0.956. The molecule has 3 heteroatoms. The van der Waals surface area contributed by atoms with Crippen molar-refractivity contribution in [2.24, 2.45) is 0 Å². The maximum Gasteiger partial charge on any atom is 0.255 e. The summed E-state index contributed by atoms with van der Waals surface area (Å²) in [5.41, 5.74) is 2.12. The maximum absolute atomic E-state index is 11.6. The third-order valence-corrected chi connectivity index (χ3v) is 2.51. The van der Waals surface area contributed by atoms with Crippen LogP contribution in [0.25, 0.3) is 0 Å². The van der Waals surface area contributed by atoms with E-state index in [2.05, 4.69) is 0 Å². The van der Waals surface area contributed by atoms with Crippen LogP contribution in [0.4, 0.5) is 5.69 Å². The Morgan fingerprint density at radius 2 is 2.21 bits per heavy atom. The Morgan fingerprint density at radius 3 is 2.93 bits per heavy atom. The summed E-state index contributed by atoms with van der Waals surface area (Å²) < 4.78 is 0. The molecule has 1 unspecified atom stereocenters. The minimum absolute atomic E-state index is 0.213. The number of anilines is 1. The molecule has 1 atom stereocenters. The smallest absolute Gasteiger partial charge is 0.255 e. The second kappa shape index (κ2) is 3.42. The molecule has 0 fully saturated rings. The van der Waals surface area contributed by atoms with Gasteiger partial charge in [0.2, 0.25) is 0 Å². The molecule has 0 saturated carbocycles. The number of aliphatic hydroxyl groups is 1. The van der Waals surface area contributed by atoms with Crippen LogP contribution in [0.1, 0.15) is 12.5 Å². The zero-order valence-electron chi connectivity index (χ0n) is 8.10. The number of hydrogen-bond donors (Lipinski definition) is 1. The van der Waals surface area contributed by atoms with E-state index in [1.165, 1.54) is 12.5 Å². The summed E-state index contributed by atoms with van der Waals surface area (Å²) in [4.78, 5) is 13.2. The molecule has 1 aromatic rings. The Kier molecular flexibility index (Phi) is 2.25. The number of carbonyl (C=O) groups is 1. The molecule has 1 N–H and O–H groups in total. The summed E-state index contributed by atoms with van der Waals surface area (Å²) in [7, 11) is 0. The van der Waals surface area contributed by atoms with Gasteiger partial charge >= 0.3 is 0 Å². The van der Waals surface area contributed by atoms with E-state index in [0.29, 0.717) is 6.54 Å². The van der Waals surface area contributed by atoms with E-state index in [9.17, 15) is 9.90 Å². The molecular weight excluding hydrogens is 178 g/mol. The summed E-state index contributed by atoms with van der Waals surface area (Å²) in [5, 5.41) is 9.22. The molecule has 0 bridgehead atoms. The second-order valence-electron chi connectivity index (χ2n) is 3.54. The number of rotatable bonds is 1. The first-order valence-corrected chi connectivity index (χ1v) is 4.77. The van der Waals surface area contributed by atoms with E-state index in [1.807, 2.05) is 24.3 Å². The molecule has 0 saturated heterocycles. The quantitative estimate of drug-likeness (QED) is 0.718. The Balaban J connectivity index is 2.30. The predicted molar refractivity (Wildman–Crippen MR) is 54.2 cm³/mol. The first-order valence-electron chi connectivity index (χ1n) is 4.77. The summed E-state index contributed by atoms with van der Waals surface area (Å²) in [6.07, 6.45) is -0.0320. The number of benzene rings is 1. The molecule has 1 heterocycles. The van der Waals surface area contributed by atoms with Crippen LogP contribution in [0.2, 0.25) is 0 Å². The van der Waals surface area contributed by atoms with Crippen molar-refractivity contribution in [3.05, 3.63) is 29.8 Å². The molecule has 0 spiro atoms. The van der Waals surface area contributed by atoms with Crippen LogP contribution in [-0.4, -0.2) is 23.7 Å². The number of nitrogens with zero attached hydrogens (tertiary/aromatic N) is 1. The van der Waals surface area contributed by atoms with Crippen molar-refractivity contribution in [1.29, 1.82) is 0 Å². The van der Waals surface area contributed by atoms with Crippen LogP contribution >= 0.6 is 0 Å². The van der Waals surface area contributed by atoms with Crippen molar-refractivity contribution < 1.29 is 9.90 Å². The van der Waals surface area contributed by atoms with Gasteiger partial charge in [0.15, 0.2) is 0 Å². The van der Waals surface area contributed by atoms with Gasteiger partial charge < -0.3 is 10.0 Å². The summed E-state index contributed by atoms with van der Waals surface area (Å²) >= 11 is 0. The third-order valence-electron chi connectivity index (χ3n) is 2.51. The van der Waals surface area contributed by atoms with Crippen LogP contribution in [-0.2, 0) is 11.2 Å². The fraction of sp³-hybridized carbons (Fsp3) is 0.364. The van der Waals surface area contributed by atoms with E-state index in [4.69, 9.17) is 0 Å². The summed E-state index contributed by atoms with van der Waals surface area (Å²) in [6, 6.07) is 7.81. The average molecular weight is 191 g/mol. The number of aliphatic hydroxyl groups excluding tert-OH is 1. The molecule has 14 heavy (non-hydrogen) atoms. The lowest BCUT2D eigenvalue weighted by Gasteiger charge is -2.18. The maximum atomic E-state index is 11.6. The highest BCUT2D eigenvalue weighted by atomic mass is 16.3. The van der Waals surface area contributed by atoms with Crippen molar-refractivity contribution >= 4 is 11.6 Å². The van der Waals surface area contributed by atoms with Crippen molar-refractivity contribution in [1.82, 2.24) is 0 Å². The number of hydrogen-bond acceptors (Lipinski definition) is 2. The molecule has 74 valence electrons. The lowest BCUT2D eigenvalue weighted by Crippen LogP contribution is -2.36. The third kappa shape index (κ3) is 1.40. The van der Waals surface area contributed by atoms with Crippen LogP contribution < -0.4 is 4.90 Å². The van der Waals surface area contributed by atoms with E-state index in [0.717, 1.165) is 12.1 Å². The highest BCUT2D eigenvalue weighted by molar-refractivity contribution is 5.97. The standard InChI is InChI=1S/C11H13NO2/c1-8(13)11(14)12-7-6-9-4-2-3-5-10(9)12/h2-5,8,13H,6-7H2,1H3. The first kappa shape index (κ1) is 9.21. The number of carbonyl (C=O) groups excluding carboxylic acids is 1. The molecule has 1 amide bonds. The van der Waals surface area contributed by atoms with E-state index >= 15 is 0 Å². The largest absolute Gasteiger partial charge is 0.384 e. The minimum atomic E-state index is -0.916. The fourth-order valence-electron chi connectivity index (χ4n) is 1.79. The van der Waals surface area contributed by atoms with Gasteiger partial charge in [-0.1, -0.05) is 18.2 Å². The van der Waals surface area contributed by atoms with E-state index < -0.39 is 6.10 Å².